The molecule has 1 aliphatic rings. The monoisotopic (exact) mass is 361 g/mol. The van der Waals surface area contributed by atoms with Crippen LogP contribution in [0.4, 0.5) is 0 Å². The Bertz CT molecular complexity index is 811. The number of ether oxygens (including phenoxy) is 1. The number of sulfonamides is 1. The predicted octanol–water partition coefficient (Wildman–Crippen LogP) is 1.09. The highest BCUT2D eigenvalue weighted by Gasteiger charge is 2.30. The molecule has 134 valence electrons. The van der Waals surface area contributed by atoms with Crippen molar-refractivity contribution in [3.05, 3.63) is 59.7 Å². The fourth-order valence-corrected chi connectivity index (χ4v) is 4.67. The summed E-state index contributed by atoms with van der Waals surface area (Å²) in [4.78, 5) is 1.75. The molecule has 2 aromatic rings. The Balaban J connectivity index is 1.62. The van der Waals surface area contributed by atoms with E-state index < -0.39 is 10.0 Å². The quantitative estimate of drug-likeness (QED) is 0.868. The zero-order valence-electron chi connectivity index (χ0n) is 14.7. The molecular weight excluding hydrogens is 336 g/mol. The number of rotatable bonds is 5. The molecular formula is C19H25N2O3S+. The first-order valence-corrected chi connectivity index (χ1v) is 9.96. The molecule has 6 heteroatoms. The fraction of sp³-hybridized carbons (Fsp3) is 0.368. The second kappa shape index (κ2) is 7.56. The van der Waals surface area contributed by atoms with Crippen LogP contribution in [0.2, 0.25) is 0 Å². The van der Waals surface area contributed by atoms with Crippen LogP contribution < -0.4 is 9.64 Å². The summed E-state index contributed by atoms with van der Waals surface area (Å²) in [7, 11) is -1.86. The summed E-state index contributed by atoms with van der Waals surface area (Å²) in [6.07, 6.45) is 0. The van der Waals surface area contributed by atoms with Crippen molar-refractivity contribution in [2.24, 2.45) is 0 Å². The number of piperazine rings is 1. The molecule has 0 aliphatic carbocycles. The summed E-state index contributed by atoms with van der Waals surface area (Å²) >= 11 is 0. The van der Waals surface area contributed by atoms with Gasteiger partial charge in [0, 0.05) is 5.56 Å². The average Bonchev–Trinajstić information content (AvgIpc) is 2.62. The van der Waals surface area contributed by atoms with Gasteiger partial charge in [-0.1, -0.05) is 29.8 Å². The lowest BCUT2D eigenvalue weighted by atomic mass is 10.1. The maximum atomic E-state index is 12.8. The van der Waals surface area contributed by atoms with Gasteiger partial charge in [-0.25, -0.2) is 8.42 Å². The Kier molecular flexibility index (Phi) is 5.42. The van der Waals surface area contributed by atoms with Crippen LogP contribution in [0.15, 0.2) is 53.4 Å². The topological polar surface area (TPSA) is 51.1 Å². The fourth-order valence-electron chi connectivity index (χ4n) is 3.23. The maximum Gasteiger partial charge on any atom is 0.243 e. The van der Waals surface area contributed by atoms with Crippen molar-refractivity contribution in [2.45, 2.75) is 18.4 Å². The van der Waals surface area contributed by atoms with Crippen molar-refractivity contribution in [1.82, 2.24) is 4.31 Å². The van der Waals surface area contributed by atoms with Gasteiger partial charge >= 0.3 is 0 Å². The highest BCUT2D eigenvalue weighted by molar-refractivity contribution is 7.89. The van der Waals surface area contributed by atoms with Crippen molar-refractivity contribution >= 4 is 10.0 Å². The van der Waals surface area contributed by atoms with Crippen molar-refractivity contribution < 1.29 is 18.1 Å². The lowest BCUT2D eigenvalue weighted by Crippen LogP contribution is -3.13. The van der Waals surface area contributed by atoms with Gasteiger partial charge in [-0.05, 0) is 31.2 Å². The van der Waals surface area contributed by atoms with E-state index in [0.29, 0.717) is 23.7 Å². The molecule has 5 nitrogen and oxygen atoms in total. The van der Waals surface area contributed by atoms with Crippen molar-refractivity contribution in [3.8, 4) is 5.75 Å². The number of nitrogens with one attached hydrogen (secondary N) is 1. The summed E-state index contributed by atoms with van der Waals surface area (Å²) < 4.78 is 32.2. The van der Waals surface area contributed by atoms with Crippen molar-refractivity contribution in [2.75, 3.05) is 33.3 Å². The second-order valence-corrected chi connectivity index (χ2v) is 8.43. The van der Waals surface area contributed by atoms with E-state index in [4.69, 9.17) is 4.74 Å². The van der Waals surface area contributed by atoms with Gasteiger partial charge in [0.2, 0.25) is 10.0 Å². The molecule has 0 bridgehead atoms. The highest BCUT2D eigenvalue weighted by atomic mass is 32.2. The normalized spacial score (nSPS) is 16.7. The Morgan fingerprint density at radius 2 is 1.76 bits per heavy atom. The van der Waals surface area contributed by atoms with Gasteiger partial charge in [0.05, 0.1) is 38.2 Å². The van der Waals surface area contributed by atoms with E-state index in [2.05, 4.69) is 31.2 Å². The third-order valence-electron chi connectivity index (χ3n) is 4.66. The molecule has 0 amide bonds. The van der Waals surface area contributed by atoms with Crippen LogP contribution in [0.25, 0.3) is 0 Å². The highest BCUT2D eigenvalue weighted by Crippen LogP contribution is 2.19. The van der Waals surface area contributed by atoms with E-state index in [1.807, 2.05) is 0 Å². The molecule has 1 aliphatic heterocycles. The standard InChI is InChI=1S/C19H24N2O3S/c1-16-4-3-5-17(14-16)15-20-10-12-21(13-11-20)25(22,23)19-8-6-18(24-2)7-9-19/h3-9,14H,10-13,15H2,1-2H3/p+1. The van der Waals surface area contributed by atoms with Crippen LogP contribution >= 0.6 is 0 Å². The predicted molar refractivity (Wildman–Crippen MR) is 97.3 cm³/mol. The van der Waals surface area contributed by atoms with Gasteiger partial charge in [-0.2, -0.15) is 4.31 Å². The van der Waals surface area contributed by atoms with E-state index >= 15 is 0 Å². The molecule has 0 atom stereocenters. The van der Waals surface area contributed by atoms with E-state index in [1.165, 1.54) is 16.0 Å². The number of aryl methyl sites for hydroxylation is 1. The molecule has 25 heavy (non-hydrogen) atoms. The summed E-state index contributed by atoms with van der Waals surface area (Å²) in [6, 6.07) is 15.1. The zero-order valence-corrected chi connectivity index (χ0v) is 15.6. The molecule has 0 aromatic heterocycles. The van der Waals surface area contributed by atoms with Crippen molar-refractivity contribution in [3.63, 3.8) is 0 Å². The number of benzene rings is 2. The van der Waals surface area contributed by atoms with Crippen LogP contribution in [0, 0.1) is 6.92 Å². The van der Waals surface area contributed by atoms with Gasteiger partial charge < -0.3 is 9.64 Å². The number of hydrogen-bond donors (Lipinski definition) is 1. The molecule has 0 spiro atoms. The van der Waals surface area contributed by atoms with Crippen LogP contribution in [0.5, 0.6) is 5.75 Å². The molecule has 0 unspecified atom stereocenters. The molecule has 2 aromatic carbocycles. The van der Waals surface area contributed by atoms with Gasteiger partial charge in [-0.15, -0.1) is 0 Å². The van der Waals surface area contributed by atoms with Crippen LogP contribution in [0.1, 0.15) is 11.1 Å². The lowest BCUT2D eigenvalue weighted by molar-refractivity contribution is -0.917. The molecule has 1 N–H and O–H groups in total. The number of nitrogens with zero attached hydrogens (tertiary/aromatic N) is 1. The zero-order chi connectivity index (χ0) is 17.9. The number of methoxy groups -OCH3 is 1. The summed E-state index contributed by atoms with van der Waals surface area (Å²) in [5.41, 5.74) is 2.57. The minimum atomic E-state index is -3.43. The first kappa shape index (κ1) is 17.9. The second-order valence-electron chi connectivity index (χ2n) is 6.50. The van der Waals surface area contributed by atoms with E-state index in [1.54, 1.807) is 35.7 Å². The Morgan fingerprint density at radius 3 is 2.36 bits per heavy atom. The Hall–Kier alpha value is -1.89. The first-order chi connectivity index (χ1) is 12.0. The Morgan fingerprint density at radius 1 is 1.08 bits per heavy atom. The third kappa shape index (κ3) is 4.21. The molecule has 3 rings (SSSR count). The first-order valence-electron chi connectivity index (χ1n) is 8.52. The lowest BCUT2D eigenvalue weighted by Gasteiger charge is -2.31. The SMILES string of the molecule is COc1ccc(S(=O)(=O)N2CC[NH+](Cc3cccc(C)c3)CC2)cc1. The van der Waals surface area contributed by atoms with E-state index in [9.17, 15) is 8.42 Å². The molecule has 1 heterocycles. The van der Waals surface area contributed by atoms with Gasteiger partial charge in [-0.3, -0.25) is 0 Å². The third-order valence-corrected chi connectivity index (χ3v) is 6.58. The molecule has 1 saturated heterocycles. The Labute approximate surface area is 149 Å². The number of hydrogen-bond acceptors (Lipinski definition) is 3. The smallest absolute Gasteiger partial charge is 0.243 e. The van der Waals surface area contributed by atoms with Crippen LogP contribution in [0.3, 0.4) is 0 Å². The number of quaternary nitrogens is 1. The van der Waals surface area contributed by atoms with E-state index in [0.717, 1.165) is 19.6 Å². The minimum Gasteiger partial charge on any atom is -0.497 e. The molecule has 0 radical (unpaired) electrons. The van der Waals surface area contributed by atoms with Gasteiger partial charge in [0.25, 0.3) is 0 Å². The van der Waals surface area contributed by atoms with Crippen molar-refractivity contribution in [1.29, 1.82) is 0 Å². The van der Waals surface area contributed by atoms with Gasteiger partial charge in [0.1, 0.15) is 12.3 Å². The minimum absolute atomic E-state index is 0.329. The van der Waals surface area contributed by atoms with Crippen LogP contribution in [-0.4, -0.2) is 46.0 Å². The van der Waals surface area contributed by atoms with E-state index in [-0.39, 0.29) is 0 Å². The summed E-state index contributed by atoms with van der Waals surface area (Å²) in [5.74, 6) is 0.659. The van der Waals surface area contributed by atoms with Gasteiger partial charge in [0.15, 0.2) is 0 Å². The largest absolute Gasteiger partial charge is 0.497 e. The summed E-state index contributed by atoms with van der Waals surface area (Å²) in [5, 5.41) is 0. The average molecular weight is 361 g/mol. The van der Waals surface area contributed by atoms with Crippen LogP contribution in [-0.2, 0) is 16.6 Å². The molecule has 0 saturated carbocycles. The summed E-state index contributed by atoms with van der Waals surface area (Å²) in [6.45, 7) is 5.79. The molecule has 1 fully saturated rings. The maximum absolute atomic E-state index is 12.8.